The molecule has 1 heterocycles. The first-order chi connectivity index (χ1) is 14.6. The first-order valence-corrected chi connectivity index (χ1v) is 10.2. The van der Waals surface area contributed by atoms with Gasteiger partial charge in [-0.05, 0) is 48.6 Å². The maximum absolute atomic E-state index is 13.7. The summed E-state index contributed by atoms with van der Waals surface area (Å²) in [6, 6.07) is 6.29. The fourth-order valence-corrected chi connectivity index (χ4v) is 4.71. The Labute approximate surface area is 177 Å². The van der Waals surface area contributed by atoms with Gasteiger partial charge in [-0.2, -0.15) is 13.2 Å². The van der Waals surface area contributed by atoms with Crippen molar-refractivity contribution in [3.8, 4) is 0 Å². The third-order valence-corrected chi connectivity index (χ3v) is 6.34. The Kier molecular flexibility index (Phi) is 5.27. The van der Waals surface area contributed by atoms with Crippen LogP contribution in [0.2, 0.25) is 0 Å². The number of carbonyl (C=O) groups excluding carboxylic acids is 2. The smallest absolute Gasteiger partial charge is 0.345 e. The van der Waals surface area contributed by atoms with Crippen LogP contribution in [-0.4, -0.2) is 11.8 Å². The number of anilines is 1. The Hall–Kier alpha value is -2.90. The lowest BCUT2D eigenvalue weighted by molar-refractivity contribution is -0.137. The Balaban J connectivity index is 1.69. The molecule has 1 atom stereocenters. The summed E-state index contributed by atoms with van der Waals surface area (Å²) >= 11 is 0. The minimum absolute atomic E-state index is 0.192. The highest BCUT2D eigenvalue weighted by Crippen LogP contribution is 2.50. The van der Waals surface area contributed by atoms with E-state index in [1.54, 1.807) is 18.2 Å². The zero-order valence-corrected chi connectivity index (χ0v) is 16.9. The van der Waals surface area contributed by atoms with Crippen LogP contribution in [0.3, 0.4) is 0 Å². The van der Waals surface area contributed by atoms with E-state index in [0.717, 1.165) is 38.2 Å². The van der Waals surface area contributed by atoms with Crippen LogP contribution in [0, 0.1) is 11.2 Å². The molecular weight excluding hydrogens is 412 g/mol. The van der Waals surface area contributed by atoms with Gasteiger partial charge in [0.05, 0.1) is 11.6 Å². The van der Waals surface area contributed by atoms with Crippen LogP contribution in [0.25, 0.3) is 0 Å². The summed E-state index contributed by atoms with van der Waals surface area (Å²) in [5, 5.41) is 5.63. The van der Waals surface area contributed by atoms with Gasteiger partial charge < -0.3 is 10.6 Å². The number of rotatable bonds is 3. The number of carbonyl (C=O) groups is 2. The van der Waals surface area contributed by atoms with Gasteiger partial charge in [0.1, 0.15) is 5.82 Å². The van der Waals surface area contributed by atoms with Crippen LogP contribution in [-0.2, 0) is 6.18 Å². The average molecular weight is 434 g/mol. The van der Waals surface area contributed by atoms with Crippen molar-refractivity contribution >= 4 is 17.5 Å². The molecule has 1 aliphatic heterocycles. The molecule has 2 aromatic carbocycles. The lowest BCUT2D eigenvalue weighted by atomic mass is 9.69. The summed E-state index contributed by atoms with van der Waals surface area (Å²) in [7, 11) is 0. The molecule has 4 rings (SSSR count). The maximum Gasteiger partial charge on any atom is 0.416 e. The van der Waals surface area contributed by atoms with Gasteiger partial charge in [0, 0.05) is 22.4 Å². The van der Waals surface area contributed by atoms with Crippen molar-refractivity contribution in [1.29, 1.82) is 0 Å². The number of fused-ring (bicyclic) bond motifs is 1. The first kappa shape index (κ1) is 21.3. The maximum atomic E-state index is 13.7. The van der Waals surface area contributed by atoms with Gasteiger partial charge in [-0.15, -0.1) is 0 Å². The predicted molar refractivity (Wildman–Crippen MR) is 107 cm³/mol. The molecule has 1 saturated carbocycles. The first-order valence-electron chi connectivity index (χ1n) is 10.2. The summed E-state index contributed by atoms with van der Waals surface area (Å²) in [5.74, 6) is -2.26. The molecule has 8 heteroatoms. The number of amides is 2. The van der Waals surface area contributed by atoms with E-state index in [0.29, 0.717) is 28.9 Å². The minimum Gasteiger partial charge on any atom is -0.345 e. The predicted octanol–water partition coefficient (Wildman–Crippen LogP) is 5.85. The Morgan fingerprint density at radius 1 is 1.13 bits per heavy atom. The normalized spacial score (nSPS) is 20.2. The Morgan fingerprint density at radius 3 is 2.52 bits per heavy atom. The van der Waals surface area contributed by atoms with Crippen molar-refractivity contribution in [2.24, 2.45) is 5.41 Å². The number of hydrogen-bond acceptors (Lipinski definition) is 2. The van der Waals surface area contributed by atoms with Gasteiger partial charge >= 0.3 is 6.18 Å². The molecule has 164 valence electrons. The molecule has 0 spiro atoms. The van der Waals surface area contributed by atoms with E-state index in [9.17, 15) is 27.2 Å². The molecule has 2 N–H and O–H groups in total. The van der Waals surface area contributed by atoms with Gasteiger partial charge in [0.25, 0.3) is 11.8 Å². The van der Waals surface area contributed by atoms with Gasteiger partial charge in [-0.1, -0.05) is 32.3 Å². The summed E-state index contributed by atoms with van der Waals surface area (Å²) < 4.78 is 52.8. The number of benzene rings is 2. The number of halogens is 4. The number of hydrogen-bond donors (Lipinski definition) is 2. The average Bonchev–Trinajstić information content (AvgIpc) is 3.06. The van der Waals surface area contributed by atoms with E-state index in [4.69, 9.17) is 0 Å². The molecule has 0 aromatic heterocycles. The van der Waals surface area contributed by atoms with Crippen molar-refractivity contribution < 1.29 is 27.2 Å². The minimum atomic E-state index is -4.78. The molecule has 0 saturated heterocycles. The van der Waals surface area contributed by atoms with E-state index in [-0.39, 0.29) is 17.4 Å². The van der Waals surface area contributed by atoms with Crippen molar-refractivity contribution in [2.45, 2.75) is 51.2 Å². The van der Waals surface area contributed by atoms with Gasteiger partial charge in [-0.3, -0.25) is 9.59 Å². The molecule has 1 fully saturated rings. The molecular formula is C23H22F4N2O2. The lowest BCUT2D eigenvalue weighted by Crippen LogP contribution is -2.36. The molecule has 4 nitrogen and oxygen atoms in total. The molecule has 31 heavy (non-hydrogen) atoms. The standard InChI is InChI=1S/C23H22F4N2O2/c1-22(8-3-2-4-9-22)19-18-16(21(31)29-19)6-5-7-17(18)28-20(30)13-10-14(23(25,26)27)12-15(24)11-13/h5-7,10-12,19H,2-4,8-9H2,1H3,(H,28,30)(H,29,31). The van der Waals surface area contributed by atoms with Crippen molar-refractivity contribution in [3.05, 3.63) is 64.5 Å². The molecule has 0 radical (unpaired) electrons. The van der Waals surface area contributed by atoms with Crippen LogP contribution < -0.4 is 10.6 Å². The zero-order chi connectivity index (χ0) is 22.4. The second-order valence-corrected chi connectivity index (χ2v) is 8.57. The lowest BCUT2D eigenvalue weighted by Gasteiger charge is -2.39. The van der Waals surface area contributed by atoms with Gasteiger partial charge in [0.2, 0.25) is 0 Å². The SMILES string of the molecule is CC1(C2NC(=O)c3cccc(NC(=O)c4cc(F)cc(C(F)(F)F)c4)c32)CCCCC1. The van der Waals surface area contributed by atoms with Crippen molar-refractivity contribution in [3.63, 3.8) is 0 Å². The van der Waals surface area contributed by atoms with E-state index in [1.807, 2.05) is 0 Å². The van der Waals surface area contributed by atoms with Crippen molar-refractivity contribution in [2.75, 3.05) is 5.32 Å². The number of nitrogens with one attached hydrogen (secondary N) is 2. The summed E-state index contributed by atoms with van der Waals surface area (Å²) in [4.78, 5) is 25.3. The monoisotopic (exact) mass is 434 g/mol. The third kappa shape index (κ3) is 4.03. The highest BCUT2D eigenvalue weighted by atomic mass is 19.4. The van der Waals surface area contributed by atoms with Crippen LogP contribution >= 0.6 is 0 Å². The Morgan fingerprint density at radius 2 is 1.84 bits per heavy atom. The topological polar surface area (TPSA) is 58.2 Å². The molecule has 1 unspecified atom stereocenters. The van der Waals surface area contributed by atoms with E-state index >= 15 is 0 Å². The molecule has 2 aromatic rings. The van der Waals surface area contributed by atoms with Crippen LogP contribution in [0.1, 0.15) is 76.9 Å². The van der Waals surface area contributed by atoms with E-state index < -0.39 is 29.0 Å². The van der Waals surface area contributed by atoms with E-state index in [2.05, 4.69) is 17.6 Å². The quantitative estimate of drug-likeness (QED) is 0.596. The highest BCUT2D eigenvalue weighted by molar-refractivity contribution is 6.07. The molecule has 2 amide bonds. The molecule has 2 aliphatic rings. The largest absolute Gasteiger partial charge is 0.416 e. The van der Waals surface area contributed by atoms with Gasteiger partial charge in [-0.25, -0.2) is 4.39 Å². The van der Waals surface area contributed by atoms with Gasteiger partial charge in [0.15, 0.2) is 0 Å². The summed E-state index contributed by atoms with van der Waals surface area (Å²) in [6.45, 7) is 2.10. The third-order valence-electron chi connectivity index (χ3n) is 6.34. The summed E-state index contributed by atoms with van der Waals surface area (Å²) in [6.07, 6.45) is 0.258. The zero-order valence-electron chi connectivity index (χ0n) is 16.9. The van der Waals surface area contributed by atoms with Crippen LogP contribution in [0.15, 0.2) is 36.4 Å². The highest BCUT2D eigenvalue weighted by Gasteiger charge is 2.44. The Bertz CT molecular complexity index is 1040. The molecule has 1 aliphatic carbocycles. The summed E-state index contributed by atoms with van der Waals surface area (Å²) in [5.41, 5.74) is -0.455. The van der Waals surface area contributed by atoms with E-state index in [1.165, 1.54) is 0 Å². The fraction of sp³-hybridized carbons (Fsp3) is 0.391. The number of alkyl halides is 3. The van der Waals surface area contributed by atoms with Crippen LogP contribution in [0.4, 0.5) is 23.2 Å². The fourth-order valence-electron chi connectivity index (χ4n) is 4.71. The molecule has 0 bridgehead atoms. The van der Waals surface area contributed by atoms with Crippen LogP contribution in [0.5, 0.6) is 0 Å². The second kappa shape index (κ2) is 7.66. The van der Waals surface area contributed by atoms with Crippen molar-refractivity contribution in [1.82, 2.24) is 5.32 Å². The second-order valence-electron chi connectivity index (χ2n) is 8.57.